The zero-order valence-corrected chi connectivity index (χ0v) is 11.9. The Bertz CT molecular complexity index is 740. The molecule has 0 aliphatic carbocycles. The fourth-order valence-electron chi connectivity index (χ4n) is 2.12. The number of para-hydroxylation sites is 1. The first-order valence-electron chi connectivity index (χ1n) is 7.00. The number of pyridine rings is 2. The maximum atomic E-state index is 5.95. The molecule has 3 aromatic rings. The van der Waals surface area contributed by atoms with Crippen molar-refractivity contribution in [2.24, 2.45) is 5.73 Å². The van der Waals surface area contributed by atoms with E-state index in [0.29, 0.717) is 11.5 Å². The Hall–Kier alpha value is -2.46. The first-order chi connectivity index (χ1) is 10.3. The standard InChI is InChI=1S/C17H17N3O/c1-2-15(18)17-8-7-13(10-20-17)21-14-9-12-5-3-4-6-16(12)19-11-14/h3-11,15H,2,18H2,1H3/t15-/m1/s1. The maximum Gasteiger partial charge on any atom is 0.146 e. The fourth-order valence-corrected chi connectivity index (χ4v) is 2.12. The quantitative estimate of drug-likeness (QED) is 0.788. The van der Waals surface area contributed by atoms with Crippen LogP contribution >= 0.6 is 0 Å². The molecule has 106 valence electrons. The first-order valence-corrected chi connectivity index (χ1v) is 7.00. The molecule has 2 N–H and O–H groups in total. The SMILES string of the molecule is CC[C@@H](N)c1ccc(Oc2cnc3ccccc3c2)cn1. The largest absolute Gasteiger partial charge is 0.454 e. The molecule has 0 aliphatic heterocycles. The van der Waals surface area contributed by atoms with E-state index in [1.807, 2.05) is 49.4 Å². The van der Waals surface area contributed by atoms with Crippen LogP contribution in [0.4, 0.5) is 0 Å². The molecule has 0 unspecified atom stereocenters. The van der Waals surface area contributed by atoms with Gasteiger partial charge in [0.25, 0.3) is 0 Å². The van der Waals surface area contributed by atoms with Crippen molar-refractivity contribution in [2.75, 3.05) is 0 Å². The highest BCUT2D eigenvalue weighted by atomic mass is 16.5. The fraction of sp³-hybridized carbons (Fsp3) is 0.176. The van der Waals surface area contributed by atoms with E-state index in [4.69, 9.17) is 10.5 Å². The third kappa shape index (κ3) is 3.01. The monoisotopic (exact) mass is 279 g/mol. The van der Waals surface area contributed by atoms with Gasteiger partial charge in [-0.25, -0.2) is 0 Å². The van der Waals surface area contributed by atoms with Crippen LogP contribution in [-0.2, 0) is 0 Å². The second-order valence-electron chi connectivity index (χ2n) is 4.90. The molecule has 3 rings (SSSR count). The molecule has 0 aliphatic rings. The summed E-state index contributed by atoms with van der Waals surface area (Å²) in [6, 6.07) is 13.7. The van der Waals surface area contributed by atoms with E-state index in [0.717, 1.165) is 23.0 Å². The van der Waals surface area contributed by atoms with E-state index in [1.165, 1.54) is 0 Å². The highest BCUT2D eigenvalue weighted by molar-refractivity contribution is 5.79. The van der Waals surface area contributed by atoms with Crippen LogP contribution in [0.3, 0.4) is 0 Å². The molecule has 1 atom stereocenters. The molecule has 0 spiro atoms. The van der Waals surface area contributed by atoms with E-state index < -0.39 is 0 Å². The van der Waals surface area contributed by atoms with Gasteiger partial charge in [0.2, 0.25) is 0 Å². The van der Waals surface area contributed by atoms with Crippen molar-refractivity contribution in [3.63, 3.8) is 0 Å². The number of ether oxygens (including phenoxy) is 1. The Morgan fingerprint density at radius 1 is 1.05 bits per heavy atom. The summed E-state index contributed by atoms with van der Waals surface area (Å²) in [5, 5.41) is 1.05. The van der Waals surface area contributed by atoms with Crippen LogP contribution in [0.1, 0.15) is 25.1 Å². The lowest BCUT2D eigenvalue weighted by Gasteiger charge is -2.10. The minimum atomic E-state index is -0.0265. The molecule has 2 heterocycles. The van der Waals surface area contributed by atoms with Crippen LogP contribution in [0.15, 0.2) is 54.9 Å². The van der Waals surface area contributed by atoms with E-state index in [1.54, 1.807) is 12.4 Å². The second-order valence-corrected chi connectivity index (χ2v) is 4.90. The van der Waals surface area contributed by atoms with Gasteiger partial charge in [0, 0.05) is 11.4 Å². The lowest BCUT2D eigenvalue weighted by Crippen LogP contribution is -2.10. The minimum Gasteiger partial charge on any atom is -0.454 e. The molecule has 0 radical (unpaired) electrons. The molecule has 0 amide bonds. The number of benzene rings is 1. The highest BCUT2D eigenvalue weighted by Crippen LogP contribution is 2.24. The molecule has 0 fully saturated rings. The summed E-state index contributed by atoms with van der Waals surface area (Å²) < 4.78 is 5.79. The topological polar surface area (TPSA) is 61.0 Å². The predicted molar refractivity (Wildman–Crippen MR) is 83.3 cm³/mol. The Labute approximate surface area is 123 Å². The van der Waals surface area contributed by atoms with Crippen molar-refractivity contribution in [1.29, 1.82) is 0 Å². The van der Waals surface area contributed by atoms with Gasteiger partial charge in [-0.15, -0.1) is 0 Å². The van der Waals surface area contributed by atoms with E-state index >= 15 is 0 Å². The van der Waals surface area contributed by atoms with Gasteiger partial charge < -0.3 is 10.5 Å². The van der Waals surface area contributed by atoms with Gasteiger partial charge in [-0.1, -0.05) is 25.1 Å². The average molecular weight is 279 g/mol. The van der Waals surface area contributed by atoms with Crippen LogP contribution in [0, 0.1) is 0 Å². The van der Waals surface area contributed by atoms with Crippen molar-refractivity contribution in [3.05, 3.63) is 60.6 Å². The number of rotatable bonds is 4. The van der Waals surface area contributed by atoms with E-state index in [-0.39, 0.29) is 6.04 Å². The van der Waals surface area contributed by atoms with Crippen molar-refractivity contribution >= 4 is 10.9 Å². The zero-order chi connectivity index (χ0) is 14.7. The van der Waals surface area contributed by atoms with Gasteiger partial charge in [-0.2, -0.15) is 0 Å². The van der Waals surface area contributed by atoms with Crippen LogP contribution in [0.2, 0.25) is 0 Å². The molecule has 0 saturated carbocycles. The van der Waals surface area contributed by atoms with Gasteiger partial charge in [0.1, 0.15) is 11.5 Å². The zero-order valence-electron chi connectivity index (χ0n) is 11.9. The summed E-state index contributed by atoms with van der Waals surface area (Å²) in [7, 11) is 0. The molecule has 21 heavy (non-hydrogen) atoms. The van der Waals surface area contributed by atoms with Crippen molar-refractivity contribution in [2.45, 2.75) is 19.4 Å². The summed E-state index contributed by atoms with van der Waals surface area (Å²) in [5.74, 6) is 1.38. The molecule has 0 saturated heterocycles. The molecular weight excluding hydrogens is 262 g/mol. The van der Waals surface area contributed by atoms with E-state index in [2.05, 4.69) is 9.97 Å². The first kappa shape index (κ1) is 13.5. The van der Waals surface area contributed by atoms with Crippen LogP contribution in [-0.4, -0.2) is 9.97 Å². The van der Waals surface area contributed by atoms with Crippen molar-refractivity contribution in [3.8, 4) is 11.5 Å². The second kappa shape index (κ2) is 5.89. The van der Waals surface area contributed by atoms with Crippen LogP contribution < -0.4 is 10.5 Å². The lowest BCUT2D eigenvalue weighted by atomic mass is 10.1. The summed E-state index contributed by atoms with van der Waals surface area (Å²) in [6.07, 6.45) is 4.27. The third-order valence-electron chi connectivity index (χ3n) is 3.38. The lowest BCUT2D eigenvalue weighted by molar-refractivity contribution is 0.477. The van der Waals surface area contributed by atoms with Gasteiger partial charge >= 0.3 is 0 Å². The Balaban J connectivity index is 1.81. The summed E-state index contributed by atoms with van der Waals surface area (Å²) in [6.45, 7) is 2.04. The average Bonchev–Trinajstić information content (AvgIpc) is 2.55. The normalized spacial score (nSPS) is 12.3. The summed E-state index contributed by atoms with van der Waals surface area (Å²) in [5.41, 5.74) is 7.77. The highest BCUT2D eigenvalue weighted by Gasteiger charge is 2.05. The Morgan fingerprint density at radius 3 is 2.62 bits per heavy atom. The molecule has 1 aromatic carbocycles. The summed E-state index contributed by atoms with van der Waals surface area (Å²) >= 11 is 0. The molecule has 2 aromatic heterocycles. The molecular formula is C17H17N3O. The predicted octanol–water partition coefficient (Wildman–Crippen LogP) is 3.83. The third-order valence-corrected chi connectivity index (χ3v) is 3.38. The van der Waals surface area contributed by atoms with Gasteiger partial charge in [0.15, 0.2) is 0 Å². The number of nitrogens with zero attached hydrogens (tertiary/aromatic N) is 2. The molecule has 0 bridgehead atoms. The Morgan fingerprint density at radius 2 is 1.86 bits per heavy atom. The van der Waals surface area contributed by atoms with E-state index in [9.17, 15) is 0 Å². The summed E-state index contributed by atoms with van der Waals surface area (Å²) in [4.78, 5) is 8.71. The number of hydrogen-bond acceptors (Lipinski definition) is 4. The number of hydrogen-bond donors (Lipinski definition) is 1. The molecule has 4 nitrogen and oxygen atoms in total. The van der Waals surface area contributed by atoms with Gasteiger partial charge in [0.05, 0.1) is 23.6 Å². The minimum absolute atomic E-state index is 0.0265. The maximum absolute atomic E-state index is 5.95. The molecule has 4 heteroatoms. The van der Waals surface area contributed by atoms with Crippen LogP contribution in [0.25, 0.3) is 10.9 Å². The smallest absolute Gasteiger partial charge is 0.146 e. The van der Waals surface area contributed by atoms with Crippen molar-refractivity contribution in [1.82, 2.24) is 9.97 Å². The van der Waals surface area contributed by atoms with Crippen LogP contribution in [0.5, 0.6) is 11.5 Å². The number of fused-ring (bicyclic) bond motifs is 1. The van der Waals surface area contributed by atoms with Gasteiger partial charge in [-0.05, 0) is 30.7 Å². The van der Waals surface area contributed by atoms with Gasteiger partial charge in [-0.3, -0.25) is 9.97 Å². The number of nitrogens with two attached hydrogens (primary N) is 1. The Kier molecular flexibility index (Phi) is 3.79. The number of aromatic nitrogens is 2. The van der Waals surface area contributed by atoms with Crippen molar-refractivity contribution < 1.29 is 4.74 Å².